The molecule has 7 nitrogen and oxygen atoms in total. The average Bonchev–Trinajstić information content (AvgIpc) is 3.21. The number of pyridine rings is 1. The summed E-state index contributed by atoms with van der Waals surface area (Å²) in [6.07, 6.45) is 2.86. The van der Waals surface area contributed by atoms with Crippen molar-refractivity contribution in [3.63, 3.8) is 0 Å². The number of aryl methyl sites for hydroxylation is 1. The van der Waals surface area contributed by atoms with Crippen LogP contribution in [-0.4, -0.2) is 48.3 Å². The average molecular weight is 499 g/mol. The molecule has 3 heterocycles. The lowest BCUT2D eigenvalue weighted by atomic mass is 10.1. The molecule has 1 atom stereocenters. The van der Waals surface area contributed by atoms with Crippen molar-refractivity contribution in [1.29, 1.82) is 0 Å². The molecule has 0 spiro atoms. The number of anilines is 1. The van der Waals surface area contributed by atoms with Gasteiger partial charge >= 0.3 is 0 Å². The van der Waals surface area contributed by atoms with Gasteiger partial charge in [0.1, 0.15) is 17.7 Å². The first-order valence-corrected chi connectivity index (χ1v) is 9.60. The number of halogens is 1. The second kappa shape index (κ2) is 11.3. The van der Waals surface area contributed by atoms with E-state index in [4.69, 9.17) is 4.42 Å². The van der Waals surface area contributed by atoms with E-state index >= 15 is 0 Å². The third-order valence-corrected chi connectivity index (χ3v) is 4.67. The first-order chi connectivity index (χ1) is 13.2. The molecule has 0 aromatic carbocycles. The Balaban J connectivity index is 0.00000280. The van der Waals surface area contributed by atoms with Gasteiger partial charge in [0.05, 0.1) is 12.8 Å². The normalized spacial score (nSPS) is 16.4. The van der Waals surface area contributed by atoms with Crippen LogP contribution >= 0.6 is 24.0 Å². The van der Waals surface area contributed by atoms with Gasteiger partial charge in [-0.25, -0.2) is 4.98 Å². The van der Waals surface area contributed by atoms with Crippen LogP contribution in [0, 0.1) is 6.92 Å². The van der Waals surface area contributed by atoms with E-state index in [9.17, 15) is 5.11 Å². The standard InChI is InChI=1S/C20H29N5O2.HI/c1-3-21-20(22-14-17(26)18-7-5-13-27-18)24-16-9-11-25(12-10-16)19-8-4-6-15(2)23-19;/h4-8,13,16-17,26H,3,9-12,14H2,1-2H3,(H2,21,22,24);1H. The molecule has 3 N–H and O–H groups in total. The molecule has 28 heavy (non-hydrogen) atoms. The molecule has 0 saturated carbocycles. The zero-order valence-electron chi connectivity index (χ0n) is 16.5. The minimum atomic E-state index is -0.732. The molecule has 1 saturated heterocycles. The van der Waals surface area contributed by atoms with E-state index in [2.05, 4.69) is 37.6 Å². The lowest BCUT2D eigenvalue weighted by molar-refractivity contribution is 0.158. The third-order valence-electron chi connectivity index (χ3n) is 4.67. The molecule has 154 valence electrons. The number of aliphatic hydroxyl groups excluding tert-OH is 1. The van der Waals surface area contributed by atoms with E-state index in [1.165, 1.54) is 0 Å². The number of aromatic nitrogens is 1. The molecule has 1 unspecified atom stereocenters. The fourth-order valence-electron chi connectivity index (χ4n) is 3.22. The second-order valence-electron chi connectivity index (χ2n) is 6.79. The van der Waals surface area contributed by atoms with Crippen molar-refractivity contribution in [2.24, 2.45) is 4.99 Å². The van der Waals surface area contributed by atoms with Crippen LogP contribution in [0.4, 0.5) is 5.82 Å². The van der Waals surface area contributed by atoms with E-state index in [1.54, 1.807) is 18.4 Å². The predicted molar refractivity (Wildman–Crippen MR) is 122 cm³/mol. The van der Waals surface area contributed by atoms with E-state index in [0.717, 1.165) is 49.9 Å². The highest BCUT2D eigenvalue weighted by molar-refractivity contribution is 14.0. The maximum atomic E-state index is 10.1. The number of aliphatic hydroxyl groups is 1. The Labute approximate surface area is 183 Å². The number of piperidine rings is 1. The molecule has 2 aromatic heterocycles. The summed E-state index contributed by atoms with van der Waals surface area (Å²) in [5.41, 5.74) is 1.05. The Morgan fingerprint density at radius 2 is 2.11 bits per heavy atom. The minimum absolute atomic E-state index is 0. The molecular weight excluding hydrogens is 469 g/mol. The fraction of sp³-hybridized carbons (Fsp3) is 0.500. The van der Waals surface area contributed by atoms with Gasteiger partial charge in [-0.2, -0.15) is 0 Å². The Kier molecular flexibility index (Phi) is 9.04. The number of rotatable bonds is 6. The van der Waals surface area contributed by atoms with Crippen molar-refractivity contribution in [2.45, 2.75) is 38.8 Å². The summed E-state index contributed by atoms with van der Waals surface area (Å²) >= 11 is 0. The monoisotopic (exact) mass is 499 g/mol. The Bertz CT molecular complexity index is 730. The van der Waals surface area contributed by atoms with Crippen molar-refractivity contribution in [3.8, 4) is 0 Å². The summed E-state index contributed by atoms with van der Waals surface area (Å²) in [6, 6.07) is 10.0. The summed E-state index contributed by atoms with van der Waals surface area (Å²) in [4.78, 5) is 11.5. The SMILES string of the molecule is CCNC(=NCC(O)c1ccco1)NC1CCN(c2cccc(C)n2)CC1.I. The number of hydrogen-bond donors (Lipinski definition) is 3. The van der Waals surface area contributed by atoms with E-state index in [-0.39, 0.29) is 30.5 Å². The third kappa shape index (κ3) is 6.37. The van der Waals surface area contributed by atoms with Crippen molar-refractivity contribution in [3.05, 3.63) is 48.0 Å². The van der Waals surface area contributed by atoms with Crippen LogP contribution in [0.15, 0.2) is 46.0 Å². The van der Waals surface area contributed by atoms with Gasteiger partial charge in [-0.3, -0.25) is 4.99 Å². The van der Waals surface area contributed by atoms with Gasteiger partial charge in [0.25, 0.3) is 0 Å². The van der Waals surface area contributed by atoms with Gasteiger partial charge in [-0.15, -0.1) is 24.0 Å². The van der Waals surface area contributed by atoms with Crippen LogP contribution in [0.2, 0.25) is 0 Å². The van der Waals surface area contributed by atoms with E-state index in [0.29, 0.717) is 11.8 Å². The molecule has 1 fully saturated rings. The highest BCUT2D eigenvalue weighted by Gasteiger charge is 2.21. The lowest BCUT2D eigenvalue weighted by Gasteiger charge is -2.34. The summed E-state index contributed by atoms with van der Waals surface area (Å²) in [6.45, 7) is 7.01. The highest BCUT2D eigenvalue weighted by atomic mass is 127. The van der Waals surface area contributed by atoms with Crippen LogP contribution in [0.5, 0.6) is 0 Å². The molecule has 0 bridgehead atoms. The van der Waals surface area contributed by atoms with Crippen molar-refractivity contribution >= 4 is 35.8 Å². The molecule has 0 aliphatic carbocycles. The molecule has 3 rings (SSSR count). The maximum Gasteiger partial charge on any atom is 0.191 e. The predicted octanol–water partition coefficient (Wildman–Crippen LogP) is 2.86. The van der Waals surface area contributed by atoms with Crippen molar-refractivity contribution in [2.75, 3.05) is 31.1 Å². The van der Waals surface area contributed by atoms with E-state index < -0.39 is 6.10 Å². The Morgan fingerprint density at radius 1 is 1.32 bits per heavy atom. The quantitative estimate of drug-likeness (QED) is 0.322. The molecule has 2 aromatic rings. The Hall–Kier alpha value is -1.81. The Morgan fingerprint density at radius 3 is 2.75 bits per heavy atom. The molecule has 1 aliphatic heterocycles. The molecule has 1 aliphatic rings. The second-order valence-corrected chi connectivity index (χ2v) is 6.79. The molecule has 0 radical (unpaired) electrons. The van der Waals surface area contributed by atoms with Gasteiger partial charge in [0.2, 0.25) is 0 Å². The van der Waals surface area contributed by atoms with Crippen LogP contribution in [-0.2, 0) is 0 Å². The topological polar surface area (TPSA) is 85.9 Å². The fourth-order valence-corrected chi connectivity index (χ4v) is 3.22. The van der Waals surface area contributed by atoms with Crippen LogP contribution in [0.3, 0.4) is 0 Å². The number of furan rings is 1. The van der Waals surface area contributed by atoms with Crippen LogP contribution < -0.4 is 15.5 Å². The maximum absolute atomic E-state index is 10.1. The lowest BCUT2D eigenvalue weighted by Crippen LogP contribution is -2.49. The number of guanidine groups is 1. The van der Waals surface area contributed by atoms with Gasteiger partial charge in [0, 0.05) is 31.4 Å². The minimum Gasteiger partial charge on any atom is -0.467 e. The molecular formula is C20H30IN5O2. The van der Waals surface area contributed by atoms with Crippen LogP contribution in [0.25, 0.3) is 0 Å². The van der Waals surface area contributed by atoms with Gasteiger partial charge in [-0.05, 0) is 51.0 Å². The van der Waals surface area contributed by atoms with Crippen LogP contribution in [0.1, 0.15) is 37.3 Å². The number of nitrogens with one attached hydrogen (secondary N) is 2. The van der Waals surface area contributed by atoms with Gasteiger partial charge in [-0.1, -0.05) is 6.07 Å². The molecule has 8 heteroatoms. The summed E-state index contributed by atoms with van der Waals surface area (Å²) in [5, 5.41) is 16.9. The summed E-state index contributed by atoms with van der Waals surface area (Å²) in [7, 11) is 0. The summed E-state index contributed by atoms with van der Waals surface area (Å²) in [5.74, 6) is 2.32. The summed E-state index contributed by atoms with van der Waals surface area (Å²) < 4.78 is 5.23. The van der Waals surface area contributed by atoms with Crippen molar-refractivity contribution in [1.82, 2.24) is 15.6 Å². The smallest absolute Gasteiger partial charge is 0.191 e. The number of hydrogen-bond acceptors (Lipinski definition) is 5. The number of aliphatic imine (C=N–C) groups is 1. The van der Waals surface area contributed by atoms with Gasteiger partial charge < -0.3 is 25.1 Å². The highest BCUT2D eigenvalue weighted by Crippen LogP contribution is 2.18. The zero-order valence-corrected chi connectivity index (χ0v) is 18.8. The molecule has 0 amide bonds. The first kappa shape index (κ1) is 22.5. The largest absolute Gasteiger partial charge is 0.467 e. The zero-order chi connectivity index (χ0) is 19.1. The number of nitrogens with zero attached hydrogens (tertiary/aromatic N) is 3. The van der Waals surface area contributed by atoms with Crippen molar-refractivity contribution < 1.29 is 9.52 Å². The van der Waals surface area contributed by atoms with E-state index in [1.807, 2.05) is 19.9 Å². The first-order valence-electron chi connectivity index (χ1n) is 9.60. The van der Waals surface area contributed by atoms with Gasteiger partial charge in [0.15, 0.2) is 5.96 Å².